The summed E-state index contributed by atoms with van der Waals surface area (Å²) in [6.07, 6.45) is 5.22. The summed E-state index contributed by atoms with van der Waals surface area (Å²) in [5.74, 6) is 1.49. The standard InChI is InChI=1S/C29H25FN4O4/c1-6-25(35)32-20-9-11-24(38-27-16(3)12-19(30)13-17(27)4)23(15-20)26-21-10-8-18(28(36)31-7-2)14-22(21)29(37)34(5)33-26/h1,8-15H,7H2,2-5H3,(H,31,36)(H,32,35). The van der Waals surface area contributed by atoms with Crippen LogP contribution >= 0.6 is 0 Å². The van der Waals surface area contributed by atoms with Crippen molar-refractivity contribution in [1.82, 2.24) is 15.1 Å². The molecule has 0 bridgehead atoms. The second kappa shape index (κ2) is 10.6. The number of benzene rings is 3. The number of nitrogens with one attached hydrogen (secondary N) is 2. The topological polar surface area (TPSA) is 102 Å². The number of hydrogen-bond acceptors (Lipinski definition) is 5. The van der Waals surface area contributed by atoms with Gasteiger partial charge in [-0.1, -0.05) is 6.07 Å². The minimum Gasteiger partial charge on any atom is -0.456 e. The number of nitrogens with zero attached hydrogens (tertiary/aromatic N) is 2. The summed E-state index contributed by atoms with van der Waals surface area (Å²) in [6.45, 7) is 5.71. The number of hydrogen-bond donors (Lipinski definition) is 2. The Bertz CT molecular complexity index is 1680. The van der Waals surface area contributed by atoms with Crippen LogP contribution in [0.25, 0.3) is 22.0 Å². The van der Waals surface area contributed by atoms with Gasteiger partial charge in [-0.05, 0) is 80.3 Å². The fraction of sp³-hybridized carbons (Fsp3) is 0.172. The van der Waals surface area contributed by atoms with Crippen molar-refractivity contribution in [2.24, 2.45) is 7.05 Å². The first-order chi connectivity index (χ1) is 18.1. The van der Waals surface area contributed by atoms with Crippen molar-refractivity contribution in [1.29, 1.82) is 0 Å². The van der Waals surface area contributed by atoms with Crippen LogP contribution in [0.2, 0.25) is 0 Å². The van der Waals surface area contributed by atoms with Crippen molar-refractivity contribution < 1.29 is 18.7 Å². The lowest BCUT2D eigenvalue weighted by atomic mass is 10.0. The number of halogens is 1. The second-order valence-corrected chi connectivity index (χ2v) is 8.68. The van der Waals surface area contributed by atoms with E-state index in [9.17, 15) is 18.8 Å². The van der Waals surface area contributed by atoms with E-state index in [-0.39, 0.29) is 22.7 Å². The van der Waals surface area contributed by atoms with Gasteiger partial charge in [0.2, 0.25) is 0 Å². The van der Waals surface area contributed by atoms with Crippen molar-refractivity contribution in [3.8, 4) is 35.1 Å². The number of amides is 2. The number of fused-ring (bicyclic) bond motifs is 1. The quantitative estimate of drug-likeness (QED) is 0.371. The molecule has 2 amide bonds. The predicted molar refractivity (Wildman–Crippen MR) is 144 cm³/mol. The van der Waals surface area contributed by atoms with E-state index in [1.54, 1.807) is 51.1 Å². The lowest BCUT2D eigenvalue weighted by Crippen LogP contribution is -2.24. The van der Waals surface area contributed by atoms with Crippen molar-refractivity contribution in [2.45, 2.75) is 20.8 Å². The molecule has 9 heteroatoms. The maximum atomic E-state index is 13.9. The summed E-state index contributed by atoms with van der Waals surface area (Å²) in [7, 11) is 1.50. The van der Waals surface area contributed by atoms with Gasteiger partial charge in [-0.15, -0.1) is 6.42 Å². The average Bonchev–Trinajstić information content (AvgIpc) is 2.88. The zero-order valence-corrected chi connectivity index (χ0v) is 21.3. The summed E-state index contributed by atoms with van der Waals surface area (Å²) in [4.78, 5) is 37.3. The molecular weight excluding hydrogens is 487 g/mol. The van der Waals surface area contributed by atoms with Crippen molar-refractivity contribution in [3.05, 3.63) is 81.4 Å². The lowest BCUT2D eigenvalue weighted by Gasteiger charge is -2.17. The molecule has 2 N–H and O–H groups in total. The minimum absolute atomic E-state index is 0.277. The Morgan fingerprint density at radius 3 is 2.45 bits per heavy atom. The predicted octanol–water partition coefficient (Wildman–Crippen LogP) is 4.47. The molecule has 0 spiro atoms. The number of ether oxygens (including phenoxy) is 1. The molecule has 0 atom stereocenters. The van der Waals surface area contributed by atoms with E-state index in [1.807, 2.05) is 5.92 Å². The van der Waals surface area contributed by atoms with Crippen molar-refractivity contribution in [3.63, 3.8) is 0 Å². The molecule has 0 radical (unpaired) electrons. The van der Waals surface area contributed by atoms with Crippen LogP contribution < -0.4 is 20.9 Å². The lowest BCUT2D eigenvalue weighted by molar-refractivity contribution is -0.111. The van der Waals surface area contributed by atoms with Crippen molar-refractivity contribution >= 4 is 28.3 Å². The minimum atomic E-state index is -0.639. The monoisotopic (exact) mass is 512 g/mol. The maximum Gasteiger partial charge on any atom is 0.300 e. The number of carbonyl (C=O) groups excluding carboxylic acids is 2. The average molecular weight is 513 g/mol. The zero-order valence-electron chi connectivity index (χ0n) is 21.3. The number of aryl methyl sites for hydroxylation is 3. The van der Waals surface area contributed by atoms with Gasteiger partial charge in [0.25, 0.3) is 17.4 Å². The Kier molecular flexibility index (Phi) is 7.26. The molecule has 0 aliphatic heterocycles. The first kappa shape index (κ1) is 26.1. The third-order valence-electron chi connectivity index (χ3n) is 5.91. The Hall–Kier alpha value is -4.97. The number of terminal acetylenes is 1. The van der Waals surface area contributed by atoms with E-state index in [1.165, 1.54) is 29.9 Å². The third kappa shape index (κ3) is 5.11. The molecule has 192 valence electrons. The van der Waals surface area contributed by atoms with E-state index in [0.717, 1.165) is 0 Å². The summed E-state index contributed by atoms with van der Waals surface area (Å²) in [6, 6.07) is 12.4. The molecule has 0 saturated carbocycles. The fourth-order valence-corrected chi connectivity index (χ4v) is 4.17. The van der Waals surface area contributed by atoms with Crippen LogP contribution in [-0.4, -0.2) is 28.1 Å². The van der Waals surface area contributed by atoms with Crippen LogP contribution in [0.4, 0.5) is 10.1 Å². The van der Waals surface area contributed by atoms with Crippen LogP contribution in [0, 0.1) is 32.0 Å². The molecule has 0 fully saturated rings. The molecule has 4 rings (SSSR count). The molecule has 0 aliphatic rings. The van der Waals surface area contributed by atoms with Gasteiger partial charge in [0.15, 0.2) is 0 Å². The Morgan fingerprint density at radius 2 is 1.79 bits per heavy atom. The third-order valence-corrected chi connectivity index (χ3v) is 5.91. The molecule has 8 nitrogen and oxygen atoms in total. The SMILES string of the molecule is C#CC(=O)Nc1ccc(Oc2c(C)cc(F)cc2C)c(-c2nn(C)c(=O)c3cc(C(=O)NCC)ccc23)c1. The van der Waals surface area contributed by atoms with E-state index in [2.05, 4.69) is 15.7 Å². The highest BCUT2D eigenvalue weighted by Crippen LogP contribution is 2.39. The van der Waals surface area contributed by atoms with Gasteiger partial charge in [-0.3, -0.25) is 14.4 Å². The van der Waals surface area contributed by atoms with Crippen LogP contribution in [0.15, 0.2) is 53.3 Å². The van der Waals surface area contributed by atoms with Crippen LogP contribution in [-0.2, 0) is 11.8 Å². The normalized spacial score (nSPS) is 10.6. The zero-order chi connectivity index (χ0) is 27.6. The van der Waals surface area contributed by atoms with Crippen LogP contribution in [0.1, 0.15) is 28.4 Å². The second-order valence-electron chi connectivity index (χ2n) is 8.68. The van der Waals surface area contributed by atoms with Crippen molar-refractivity contribution in [2.75, 3.05) is 11.9 Å². The molecular formula is C29H25FN4O4. The molecule has 0 saturated heterocycles. The molecule has 1 heterocycles. The summed E-state index contributed by atoms with van der Waals surface area (Å²) >= 11 is 0. The van der Waals surface area contributed by atoms with Gasteiger partial charge in [-0.25, -0.2) is 9.07 Å². The molecule has 0 unspecified atom stereocenters. The number of carbonyl (C=O) groups is 2. The smallest absolute Gasteiger partial charge is 0.300 e. The molecule has 1 aromatic heterocycles. The van der Waals surface area contributed by atoms with Gasteiger partial charge >= 0.3 is 0 Å². The van der Waals surface area contributed by atoms with Gasteiger partial charge < -0.3 is 15.4 Å². The highest BCUT2D eigenvalue weighted by molar-refractivity contribution is 6.05. The Morgan fingerprint density at radius 1 is 1.08 bits per heavy atom. The van der Waals surface area contributed by atoms with Gasteiger partial charge in [0, 0.05) is 35.8 Å². The highest BCUT2D eigenvalue weighted by atomic mass is 19.1. The van der Waals surface area contributed by atoms with E-state index < -0.39 is 5.91 Å². The number of rotatable bonds is 6. The molecule has 38 heavy (non-hydrogen) atoms. The van der Waals surface area contributed by atoms with E-state index in [4.69, 9.17) is 11.2 Å². The van der Waals surface area contributed by atoms with Gasteiger partial charge in [-0.2, -0.15) is 5.10 Å². The first-order valence-corrected chi connectivity index (χ1v) is 11.8. The van der Waals surface area contributed by atoms with Crippen LogP contribution in [0.5, 0.6) is 11.5 Å². The van der Waals surface area contributed by atoms with E-state index >= 15 is 0 Å². The number of aromatic nitrogens is 2. The molecule has 4 aromatic rings. The Labute approximate surface area is 218 Å². The largest absolute Gasteiger partial charge is 0.456 e. The van der Waals surface area contributed by atoms with Gasteiger partial charge in [0.1, 0.15) is 23.0 Å². The fourth-order valence-electron chi connectivity index (χ4n) is 4.17. The number of anilines is 1. The highest BCUT2D eigenvalue weighted by Gasteiger charge is 2.19. The maximum absolute atomic E-state index is 13.9. The molecule has 0 aliphatic carbocycles. The van der Waals surface area contributed by atoms with Gasteiger partial charge in [0.05, 0.1) is 5.39 Å². The summed E-state index contributed by atoms with van der Waals surface area (Å²) in [5.41, 5.74) is 2.30. The summed E-state index contributed by atoms with van der Waals surface area (Å²) in [5, 5.41) is 10.6. The van der Waals surface area contributed by atoms with E-state index in [0.29, 0.717) is 57.1 Å². The molecule has 3 aromatic carbocycles. The van der Waals surface area contributed by atoms with Crippen LogP contribution in [0.3, 0.4) is 0 Å². The summed E-state index contributed by atoms with van der Waals surface area (Å²) < 4.78 is 21.4. The first-order valence-electron chi connectivity index (χ1n) is 11.8. The Balaban J connectivity index is 1.97.